The minimum Gasteiger partial charge on any atom is -0.272 e. The van der Waals surface area contributed by atoms with Gasteiger partial charge in [0.2, 0.25) is 5.82 Å². The van der Waals surface area contributed by atoms with E-state index in [1.807, 2.05) is 24.3 Å². The molecule has 0 saturated heterocycles. The average Bonchev–Trinajstić information content (AvgIpc) is 3.19. The zero-order chi connectivity index (χ0) is 17.4. The van der Waals surface area contributed by atoms with E-state index in [1.165, 1.54) is 9.70 Å². The predicted octanol–water partition coefficient (Wildman–Crippen LogP) is 2.40. The summed E-state index contributed by atoms with van der Waals surface area (Å²) >= 11 is 3.45. The highest BCUT2D eigenvalue weighted by Gasteiger charge is 2.34. The van der Waals surface area contributed by atoms with Gasteiger partial charge in [0.15, 0.2) is 0 Å². The van der Waals surface area contributed by atoms with Gasteiger partial charge in [0.05, 0.1) is 24.2 Å². The Bertz CT molecular complexity index is 949. The van der Waals surface area contributed by atoms with Crippen molar-refractivity contribution in [2.24, 2.45) is 0 Å². The lowest BCUT2D eigenvalue weighted by Gasteiger charge is -2.12. The molecular weight excluding hydrogens is 386 g/mol. The molecule has 8 heteroatoms. The second-order valence-corrected chi connectivity index (χ2v) is 6.35. The van der Waals surface area contributed by atoms with Crippen molar-refractivity contribution in [1.82, 2.24) is 25.1 Å². The summed E-state index contributed by atoms with van der Waals surface area (Å²) in [6.07, 6.45) is 0. The van der Waals surface area contributed by atoms with Gasteiger partial charge in [-0.3, -0.25) is 14.5 Å². The molecule has 4 rings (SSSR count). The number of hydrogen-bond acceptors (Lipinski definition) is 5. The van der Waals surface area contributed by atoms with Crippen LogP contribution in [0, 0.1) is 0 Å². The van der Waals surface area contributed by atoms with Gasteiger partial charge in [-0.1, -0.05) is 40.2 Å². The quantitative estimate of drug-likeness (QED) is 0.631. The second kappa shape index (κ2) is 6.21. The minimum atomic E-state index is -0.285. The Morgan fingerprint density at radius 2 is 1.44 bits per heavy atom. The molecule has 0 spiro atoms. The smallest absolute Gasteiger partial charge is 0.261 e. The molecular formula is C17H12BrN5O2. The molecule has 0 bridgehead atoms. The summed E-state index contributed by atoms with van der Waals surface area (Å²) in [7, 11) is 0. The van der Waals surface area contributed by atoms with E-state index in [4.69, 9.17) is 0 Å². The van der Waals surface area contributed by atoms with Crippen LogP contribution in [0.25, 0.3) is 11.4 Å². The maximum Gasteiger partial charge on any atom is 0.261 e. The number of fused-ring (bicyclic) bond motifs is 1. The third-order valence-electron chi connectivity index (χ3n) is 3.97. The highest BCUT2D eigenvalue weighted by atomic mass is 79.9. The summed E-state index contributed by atoms with van der Waals surface area (Å²) in [6, 6.07) is 14.4. The minimum absolute atomic E-state index is 0.193. The van der Waals surface area contributed by atoms with Gasteiger partial charge in [-0.25, -0.2) is 0 Å². The summed E-state index contributed by atoms with van der Waals surface area (Å²) in [4.78, 5) is 27.3. The fourth-order valence-corrected chi connectivity index (χ4v) is 3.18. The lowest BCUT2D eigenvalue weighted by molar-refractivity contribution is 0.0645. The first kappa shape index (κ1) is 15.6. The van der Waals surface area contributed by atoms with Gasteiger partial charge < -0.3 is 0 Å². The van der Waals surface area contributed by atoms with Gasteiger partial charge in [0.25, 0.3) is 11.8 Å². The van der Waals surface area contributed by atoms with E-state index in [0.717, 1.165) is 10.0 Å². The molecule has 124 valence electrons. The number of imide groups is 1. The molecule has 0 atom stereocenters. The normalized spacial score (nSPS) is 13.4. The number of halogens is 1. The van der Waals surface area contributed by atoms with Crippen LogP contribution in [0.4, 0.5) is 0 Å². The van der Waals surface area contributed by atoms with E-state index in [-0.39, 0.29) is 24.9 Å². The molecule has 0 aliphatic carbocycles. The van der Waals surface area contributed by atoms with Crippen LogP contribution >= 0.6 is 15.9 Å². The highest BCUT2D eigenvalue weighted by Crippen LogP contribution is 2.24. The first-order valence-electron chi connectivity index (χ1n) is 7.63. The van der Waals surface area contributed by atoms with Crippen LogP contribution in [0.15, 0.2) is 53.0 Å². The van der Waals surface area contributed by atoms with Crippen LogP contribution in [0.5, 0.6) is 0 Å². The molecule has 2 aromatic carbocycles. The number of benzene rings is 2. The number of carbonyl (C=O) groups excluding carboxylic acids is 2. The van der Waals surface area contributed by atoms with Crippen LogP contribution in [0.2, 0.25) is 0 Å². The van der Waals surface area contributed by atoms with E-state index in [1.54, 1.807) is 24.3 Å². The van der Waals surface area contributed by atoms with Crippen molar-refractivity contribution in [3.05, 3.63) is 64.1 Å². The Kier molecular flexibility index (Phi) is 3.89. The van der Waals surface area contributed by atoms with Crippen molar-refractivity contribution >= 4 is 27.7 Å². The summed E-state index contributed by atoms with van der Waals surface area (Å²) in [5, 5.41) is 12.3. The molecule has 0 fully saturated rings. The van der Waals surface area contributed by atoms with E-state index in [0.29, 0.717) is 17.0 Å². The van der Waals surface area contributed by atoms with Crippen molar-refractivity contribution in [1.29, 1.82) is 0 Å². The lowest BCUT2D eigenvalue weighted by atomic mass is 10.1. The molecule has 0 radical (unpaired) electrons. The number of tetrazole rings is 1. The van der Waals surface area contributed by atoms with E-state index in [2.05, 4.69) is 31.3 Å². The number of amides is 2. The van der Waals surface area contributed by atoms with Gasteiger partial charge in [0, 0.05) is 10.0 Å². The van der Waals surface area contributed by atoms with Gasteiger partial charge >= 0.3 is 0 Å². The predicted molar refractivity (Wildman–Crippen MR) is 92.8 cm³/mol. The summed E-state index contributed by atoms with van der Waals surface area (Å²) in [5.41, 5.74) is 1.70. The van der Waals surface area contributed by atoms with Crippen molar-refractivity contribution in [3.63, 3.8) is 0 Å². The van der Waals surface area contributed by atoms with Crippen LogP contribution in [-0.4, -0.2) is 43.5 Å². The molecule has 3 aromatic rings. The number of carbonyl (C=O) groups is 2. The van der Waals surface area contributed by atoms with Crippen LogP contribution in [0.1, 0.15) is 20.7 Å². The molecule has 0 saturated carbocycles. The van der Waals surface area contributed by atoms with Gasteiger partial charge in [-0.15, -0.1) is 10.2 Å². The zero-order valence-electron chi connectivity index (χ0n) is 13.0. The molecule has 0 unspecified atom stereocenters. The van der Waals surface area contributed by atoms with Crippen molar-refractivity contribution in [2.45, 2.75) is 6.54 Å². The highest BCUT2D eigenvalue weighted by molar-refractivity contribution is 9.10. The van der Waals surface area contributed by atoms with Crippen LogP contribution < -0.4 is 0 Å². The standard InChI is InChI=1S/C17H12BrN5O2/c18-14-8-4-3-7-13(14)15-19-21-23(20-15)10-9-22-16(24)11-5-1-2-6-12(11)17(22)25/h1-8H,9-10H2. The largest absolute Gasteiger partial charge is 0.272 e. The third kappa shape index (κ3) is 2.74. The van der Waals surface area contributed by atoms with Gasteiger partial charge in [-0.2, -0.15) is 4.80 Å². The van der Waals surface area contributed by atoms with Crippen molar-refractivity contribution in [2.75, 3.05) is 6.54 Å². The molecule has 7 nitrogen and oxygen atoms in total. The first-order valence-corrected chi connectivity index (χ1v) is 8.42. The number of nitrogens with zero attached hydrogens (tertiary/aromatic N) is 5. The number of hydrogen-bond donors (Lipinski definition) is 0. The molecule has 2 heterocycles. The van der Waals surface area contributed by atoms with Gasteiger partial charge in [0.1, 0.15) is 0 Å². The molecule has 1 aliphatic heterocycles. The molecule has 2 amide bonds. The number of rotatable bonds is 4. The maximum atomic E-state index is 12.3. The Morgan fingerprint density at radius 1 is 0.840 bits per heavy atom. The zero-order valence-corrected chi connectivity index (χ0v) is 14.5. The maximum absolute atomic E-state index is 12.3. The van der Waals surface area contributed by atoms with Crippen molar-refractivity contribution in [3.8, 4) is 11.4 Å². The molecule has 0 N–H and O–H groups in total. The third-order valence-corrected chi connectivity index (χ3v) is 4.66. The SMILES string of the molecule is O=C1c2ccccc2C(=O)N1CCn1nnc(-c2ccccc2Br)n1. The average molecular weight is 398 g/mol. The molecule has 1 aliphatic rings. The van der Waals surface area contributed by atoms with E-state index in [9.17, 15) is 9.59 Å². The Balaban J connectivity index is 1.49. The Hall–Kier alpha value is -2.87. The summed E-state index contributed by atoms with van der Waals surface area (Å²) < 4.78 is 0.870. The number of aromatic nitrogens is 4. The Labute approximate surface area is 151 Å². The fourth-order valence-electron chi connectivity index (χ4n) is 2.72. The molecule has 1 aromatic heterocycles. The first-order chi connectivity index (χ1) is 12.1. The summed E-state index contributed by atoms with van der Waals surface area (Å²) in [6.45, 7) is 0.473. The molecule has 25 heavy (non-hydrogen) atoms. The van der Waals surface area contributed by atoms with Crippen LogP contribution in [-0.2, 0) is 6.54 Å². The monoisotopic (exact) mass is 397 g/mol. The van der Waals surface area contributed by atoms with Crippen molar-refractivity contribution < 1.29 is 9.59 Å². The van der Waals surface area contributed by atoms with Crippen LogP contribution in [0.3, 0.4) is 0 Å². The topological polar surface area (TPSA) is 81.0 Å². The van der Waals surface area contributed by atoms with Gasteiger partial charge in [-0.05, 0) is 29.5 Å². The fraction of sp³-hybridized carbons (Fsp3) is 0.118. The lowest BCUT2D eigenvalue weighted by Crippen LogP contribution is -2.33. The Morgan fingerprint density at radius 3 is 2.08 bits per heavy atom. The summed E-state index contributed by atoms with van der Waals surface area (Å²) in [5.74, 6) is -0.0895. The second-order valence-electron chi connectivity index (χ2n) is 5.50. The van der Waals surface area contributed by atoms with E-state index < -0.39 is 0 Å². The van der Waals surface area contributed by atoms with E-state index >= 15 is 0 Å².